The fourth-order valence-corrected chi connectivity index (χ4v) is 0. The van der Waals surface area contributed by atoms with Crippen LogP contribution in [0.4, 0.5) is 0 Å². The first-order valence-electron chi connectivity index (χ1n) is 0. The average molecular weight is 191 g/mol. The summed E-state index contributed by atoms with van der Waals surface area (Å²) in [5.41, 5.74) is 0. The SMILES string of the molecule is N.[Co].[Fe].[Ni]. The maximum absolute atomic E-state index is 0. The molecule has 35 valence electrons. The molecule has 0 rings (SSSR count). The van der Waals surface area contributed by atoms with Gasteiger partial charge in [0.15, 0.2) is 0 Å². The largest absolute Gasteiger partial charge is 0.344 e. The minimum atomic E-state index is 0. The number of rotatable bonds is 0. The van der Waals surface area contributed by atoms with Crippen molar-refractivity contribution in [2.75, 3.05) is 0 Å². The zero-order chi connectivity index (χ0) is 0. The van der Waals surface area contributed by atoms with Gasteiger partial charge in [0, 0.05) is 50.3 Å². The maximum atomic E-state index is 0. The summed E-state index contributed by atoms with van der Waals surface area (Å²) in [7, 11) is 0. The molecule has 0 aromatic carbocycles. The van der Waals surface area contributed by atoms with Gasteiger partial charge >= 0.3 is 0 Å². The zero-order valence-electron chi connectivity index (χ0n) is 1.71. The first-order chi connectivity index (χ1) is 0. The van der Waals surface area contributed by atoms with E-state index in [-0.39, 0.29) is 56.5 Å². The van der Waals surface area contributed by atoms with Gasteiger partial charge in [-0.05, 0) is 0 Å². The van der Waals surface area contributed by atoms with E-state index in [2.05, 4.69) is 0 Å². The third-order valence-corrected chi connectivity index (χ3v) is 0. The first-order valence-corrected chi connectivity index (χ1v) is 0. The van der Waals surface area contributed by atoms with Crippen LogP contribution in [-0.4, -0.2) is 0 Å². The van der Waals surface area contributed by atoms with Crippen molar-refractivity contribution < 1.29 is 50.3 Å². The monoisotopic (exact) mass is 190 g/mol. The van der Waals surface area contributed by atoms with Gasteiger partial charge in [-0.15, -0.1) is 0 Å². The van der Waals surface area contributed by atoms with E-state index in [9.17, 15) is 0 Å². The van der Waals surface area contributed by atoms with E-state index < -0.39 is 0 Å². The van der Waals surface area contributed by atoms with Crippen molar-refractivity contribution in [1.29, 1.82) is 0 Å². The Kier molecular flexibility index (Phi) is 311. The molecule has 4 heteroatoms. The number of hydrogen-bond acceptors (Lipinski definition) is 1. The van der Waals surface area contributed by atoms with Crippen molar-refractivity contribution in [3.63, 3.8) is 0 Å². The van der Waals surface area contributed by atoms with Gasteiger partial charge in [0.2, 0.25) is 0 Å². The fraction of sp³-hybridized carbons (Fsp3) is 0. The summed E-state index contributed by atoms with van der Waals surface area (Å²) in [5, 5.41) is 0. The first kappa shape index (κ1) is 50.2. The van der Waals surface area contributed by atoms with Crippen LogP contribution >= 0.6 is 0 Å². The standard InChI is InChI=1S/Co.Fe.H3N.Ni/h;;1H3;. The molecule has 1 radical (unpaired) electrons. The second kappa shape index (κ2) is 24.8. The molecule has 0 aromatic heterocycles. The minimum absolute atomic E-state index is 0. The average Bonchev–Trinajstić information content (AvgIpc) is 0. The molecule has 0 aliphatic heterocycles. The van der Waals surface area contributed by atoms with Crippen molar-refractivity contribution >= 4 is 0 Å². The summed E-state index contributed by atoms with van der Waals surface area (Å²) in [4.78, 5) is 0. The molecule has 0 saturated heterocycles. The van der Waals surface area contributed by atoms with Crippen LogP contribution in [0.5, 0.6) is 0 Å². The molecule has 0 unspecified atom stereocenters. The Bertz CT molecular complexity index is 8.00. The van der Waals surface area contributed by atoms with Gasteiger partial charge in [-0.25, -0.2) is 0 Å². The molecule has 0 heterocycles. The van der Waals surface area contributed by atoms with Crippen LogP contribution < -0.4 is 6.15 Å². The normalized spacial score (nSPS) is 0. The molecule has 0 saturated carbocycles. The van der Waals surface area contributed by atoms with E-state index >= 15 is 0 Å². The van der Waals surface area contributed by atoms with Crippen LogP contribution in [0, 0.1) is 0 Å². The van der Waals surface area contributed by atoms with Crippen molar-refractivity contribution in [2.24, 2.45) is 0 Å². The van der Waals surface area contributed by atoms with E-state index in [1.807, 2.05) is 0 Å². The Morgan fingerprint density at radius 1 is 1.00 bits per heavy atom. The molecule has 3 N–H and O–H groups in total. The predicted molar refractivity (Wildman–Crippen MR) is 5.02 cm³/mol. The Hall–Kier alpha value is 1.48. The molecule has 0 aliphatic carbocycles. The van der Waals surface area contributed by atoms with Gasteiger partial charge in [-0.2, -0.15) is 0 Å². The summed E-state index contributed by atoms with van der Waals surface area (Å²) in [6.07, 6.45) is 0. The quantitative estimate of drug-likeness (QED) is 0.543. The van der Waals surface area contributed by atoms with E-state index in [0.717, 1.165) is 0 Å². The summed E-state index contributed by atoms with van der Waals surface area (Å²) in [6.45, 7) is 0. The molecule has 0 atom stereocenters. The molecule has 0 aliphatic rings. The smallest absolute Gasteiger partial charge is 0 e. The maximum Gasteiger partial charge on any atom is 0 e. The van der Waals surface area contributed by atoms with Crippen LogP contribution in [0.1, 0.15) is 0 Å². The summed E-state index contributed by atoms with van der Waals surface area (Å²) < 4.78 is 0. The third-order valence-electron chi connectivity index (χ3n) is 0. The van der Waals surface area contributed by atoms with Crippen molar-refractivity contribution in [2.45, 2.75) is 0 Å². The molecule has 0 spiro atoms. The Labute approximate surface area is 56.5 Å². The minimum Gasteiger partial charge on any atom is -0.344 e. The van der Waals surface area contributed by atoms with E-state index in [1.54, 1.807) is 0 Å². The predicted octanol–water partition coefficient (Wildman–Crippen LogP) is 0.154. The van der Waals surface area contributed by atoms with E-state index in [0.29, 0.717) is 0 Å². The summed E-state index contributed by atoms with van der Waals surface area (Å²) >= 11 is 0. The van der Waals surface area contributed by atoms with Crippen LogP contribution in [-0.2, 0) is 50.3 Å². The molecule has 0 amide bonds. The number of hydrogen-bond donors (Lipinski definition) is 1. The second-order valence-electron chi connectivity index (χ2n) is 0. The van der Waals surface area contributed by atoms with E-state index in [1.165, 1.54) is 0 Å². The molecule has 0 aromatic rings. The Morgan fingerprint density at radius 2 is 1.00 bits per heavy atom. The molecular weight excluding hydrogens is 187 g/mol. The van der Waals surface area contributed by atoms with Crippen LogP contribution in [0.25, 0.3) is 0 Å². The van der Waals surface area contributed by atoms with Gasteiger partial charge < -0.3 is 6.15 Å². The van der Waals surface area contributed by atoms with Crippen LogP contribution in [0.2, 0.25) is 0 Å². The zero-order valence-corrected chi connectivity index (χ0v) is 4.84. The Balaban J connectivity index is 0. The molecule has 1 nitrogen and oxygen atoms in total. The molecular formula is H3CoFeNNi. The van der Waals surface area contributed by atoms with Gasteiger partial charge in [-0.3, -0.25) is 0 Å². The molecule has 0 fully saturated rings. The fourth-order valence-electron chi connectivity index (χ4n) is 0. The molecule has 0 bridgehead atoms. The van der Waals surface area contributed by atoms with Gasteiger partial charge in [-0.1, -0.05) is 0 Å². The summed E-state index contributed by atoms with van der Waals surface area (Å²) in [6, 6.07) is 0. The van der Waals surface area contributed by atoms with E-state index in [4.69, 9.17) is 0 Å². The van der Waals surface area contributed by atoms with Gasteiger partial charge in [0.05, 0.1) is 0 Å². The topological polar surface area (TPSA) is 35.0 Å². The second-order valence-corrected chi connectivity index (χ2v) is 0. The summed E-state index contributed by atoms with van der Waals surface area (Å²) in [5.74, 6) is 0. The van der Waals surface area contributed by atoms with Gasteiger partial charge in [0.25, 0.3) is 0 Å². The van der Waals surface area contributed by atoms with Gasteiger partial charge in [0.1, 0.15) is 0 Å². The third kappa shape index (κ3) is 9.77. The van der Waals surface area contributed by atoms with Crippen LogP contribution in [0.15, 0.2) is 0 Å². The van der Waals surface area contributed by atoms with Crippen molar-refractivity contribution in [1.82, 2.24) is 6.15 Å². The van der Waals surface area contributed by atoms with Crippen LogP contribution in [0.3, 0.4) is 0 Å². The van der Waals surface area contributed by atoms with Crippen molar-refractivity contribution in [3.8, 4) is 0 Å². The molecule has 4 heavy (non-hydrogen) atoms. The Morgan fingerprint density at radius 3 is 1.00 bits per heavy atom. The van der Waals surface area contributed by atoms with Crippen molar-refractivity contribution in [3.05, 3.63) is 0 Å².